The molecule has 0 unspecified atom stereocenters. The van der Waals surface area contributed by atoms with Crippen molar-refractivity contribution in [3.63, 3.8) is 0 Å². The van der Waals surface area contributed by atoms with Gasteiger partial charge >= 0.3 is 0 Å². The number of allylic oxidation sites excluding steroid dienone is 6. The Labute approximate surface area is 73.5 Å². The van der Waals surface area contributed by atoms with Gasteiger partial charge in [0.2, 0.25) is 0 Å². The maximum Gasteiger partial charge on any atom is 0.106 e. The monoisotopic (exact) mass is 166 g/mol. The third-order valence-electron chi connectivity index (χ3n) is 2.09. The molecule has 12 heavy (non-hydrogen) atoms. The summed E-state index contributed by atoms with van der Waals surface area (Å²) < 4.78 is 13.0. The minimum atomic E-state index is -0.0719. The standard InChI is InChI=1S/C11H15F/c1-8(2)10-5-4-6-11(12)9(3)7-10/h4-9H,1-3H3/t9-/m0/s1. The summed E-state index contributed by atoms with van der Waals surface area (Å²) in [6.45, 7) is 6.11. The normalized spacial score (nSPS) is 23.6. The Hall–Kier alpha value is -0.850. The van der Waals surface area contributed by atoms with Crippen molar-refractivity contribution in [2.45, 2.75) is 20.8 Å². The average molecular weight is 166 g/mol. The van der Waals surface area contributed by atoms with Crippen molar-refractivity contribution in [3.8, 4) is 0 Å². The quantitative estimate of drug-likeness (QED) is 0.558. The summed E-state index contributed by atoms with van der Waals surface area (Å²) in [6, 6.07) is 0. The van der Waals surface area contributed by atoms with Crippen LogP contribution in [0.4, 0.5) is 4.39 Å². The van der Waals surface area contributed by atoms with Gasteiger partial charge in [0.1, 0.15) is 5.83 Å². The van der Waals surface area contributed by atoms with Crippen molar-refractivity contribution in [2.24, 2.45) is 11.8 Å². The Kier molecular flexibility index (Phi) is 2.85. The first-order chi connectivity index (χ1) is 5.61. The molecule has 0 amide bonds. The van der Waals surface area contributed by atoms with Crippen LogP contribution in [0.5, 0.6) is 0 Å². The van der Waals surface area contributed by atoms with Crippen LogP contribution in [0.15, 0.2) is 35.7 Å². The van der Waals surface area contributed by atoms with E-state index in [0.717, 1.165) is 0 Å². The fourth-order valence-corrected chi connectivity index (χ4v) is 1.21. The summed E-state index contributed by atoms with van der Waals surface area (Å²) in [4.78, 5) is 0. The van der Waals surface area contributed by atoms with Gasteiger partial charge in [-0.2, -0.15) is 0 Å². The molecular formula is C11H15F. The molecule has 1 atom stereocenters. The number of hydrogen-bond acceptors (Lipinski definition) is 0. The van der Waals surface area contributed by atoms with E-state index in [0.29, 0.717) is 5.92 Å². The first-order valence-electron chi connectivity index (χ1n) is 4.36. The van der Waals surface area contributed by atoms with Gasteiger partial charge in [-0.1, -0.05) is 39.0 Å². The molecule has 1 aliphatic carbocycles. The van der Waals surface area contributed by atoms with E-state index in [2.05, 4.69) is 13.8 Å². The molecule has 0 nitrogen and oxygen atoms in total. The molecule has 0 bridgehead atoms. The molecule has 0 saturated heterocycles. The van der Waals surface area contributed by atoms with Gasteiger partial charge in [0, 0.05) is 5.92 Å². The highest BCUT2D eigenvalue weighted by Gasteiger charge is 2.09. The molecule has 1 rings (SSSR count). The summed E-state index contributed by atoms with van der Waals surface area (Å²) in [5.41, 5.74) is 1.21. The lowest BCUT2D eigenvalue weighted by Gasteiger charge is -2.07. The van der Waals surface area contributed by atoms with Gasteiger partial charge in [-0.25, -0.2) is 4.39 Å². The molecule has 0 aromatic carbocycles. The summed E-state index contributed by atoms with van der Waals surface area (Å²) in [7, 11) is 0. The van der Waals surface area contributed by atoms with Gasteiger partial charge in [0.15, 0.2) is 0 Å². The van der Waals surface area contributed by atoms with E-state index in [9.17, 15) is 4.39 Å². The lowest BCUT2D eigenvalue weighted by Crippen LogP contribution is -1.95. The fourth-order valence-electron chi connectivity index (χ4n) is 1.21. The van der Waals surface area contributed by atoms with E-state index >= 15 is 0 Å². The predicted octanol–water partition coefficient (Wildman–Crippen LogP) is 3.63. The van der Waals surface area contributed by atoms with Crippen molar-refractivity contribution in [3.05, 3.63) is 35.7 Å². The van der Waals surface area contributed by atoms with Gasteiger partial charge < -0.3 is 0 Å². The van der Waals surface area contributed by atoms with Crippen LogP contribution in [0, 0.1) is 11.8 Å². The van der Waals surface area contributed by atoms with Crippen LogP contribution in [0.2, 0.25) is 0 Å². The van der Waals surface area contributed by atoms with Crippen molar-refractivity contribution >= 4 is 0 Å². The summed E-state index contributed by atoms with van der Waals surface area (Å²) in [5.74, 6) is 0.349. The molecule has 0 aliphatic heterocycles. The number of halogens is 1. The molecular weight excluding hydrogens is 151 g/mol. The second-order valence-electron chi connectivity index (χ2n) is 3.52. The zero-order valence-electron chi connectivity index (χ0n) is 7.84. The molecule has 0 heterocycles. The molecule has 0 aromatic heterocycles. The second-order valence-corrected chi connectivity index (χ2v) is 3.52. The number of rotatable bonds is 1. The topological polar surface area (TPSA) is 0 Å². The summed E-state index contributed by atoms with van der Waals surface area (Å²) >= 11 is 0. The first kappa shape index (κ1) is 9.24. The Bertz CT molecular complexity index is 244. The van der Waals surface area contributed by atoms with E-state index < -0.39 is 0 Å². The Morgan fingerprint density at radius 2 is 2.08 bits per heavy atom. The molecule has 0 saturated carbocycles. The maximum atomic E-state index is 13.0. The Morgan fingerprint density at radius 1 is 1.42 bits per heavy atom. The lowest BCUT2D eigenvalue weighted by atomic mass is 9.99. The second kappa shape index (κ2) is 3.70. The third-order valence-corrected chi connectivity index (χ3v) is 2.09. The Balaban J connectivity index is 2.88. The van der Waals surface area contributed by atoms with Gasteiger partial charge in [0.05, 0.1) is 0 Å². The van der Waals surface area contributed by atoms with Crippen molar-refractivity contribution in [1.29, 1.82) is 0 Å². The SMILES string of the molecule is CC(C)C1=C[C@H](C)C(F)=CC=C1. The highest BCUT2D eigenvalue weighted by Crippen LogP contribution is 2.22. The average Bonchev–Trinajstić information content (AvgIpc) is 2.15. The van der Waals surface area contributed by atoms with E-state index in [1.807, 2.05) is 19.1 Å². The third kappa shape index (κ3) is 2.07. The lowest BCUT2D eigenvalue weighted by molar-refractivity contribution is 0.546. The van der Waals surface area contributed by atoms with Crippen molar-refractivity contribution < 1.29 is 4.39 Å². The summed E-state index contributed by atoms with van der Waals surface area (Å²) in [5, 5.41) is 0. The highest BCUT2D eigenvalue weighted by molar-refractivity contribution is 5.30. The molecule has 1 aliphatic rings. The van der Waals surface area contributed by atoms with E-state index in [4.69, 9.17) is 0 Å². The van der Waals surface area contributed by atoms with Crippen LogP contribution in [0.25, 0.3) is 0 Å². The van der Waals surface area contributed by atoms with Crippen LogP contribution in [-0.4, -0.2) is 0 Å². The largest absolute Gasteiger partial charge is 0.211 e. The van der Waals surface area contributed by atoms with Crippen LogP contribution in [0.3, 0.4) is 0 Å². The van der Waals surface area contributed by atoms with Gasteiger partial charge in [0.25, 0.3) is 0 Å². The zero-order valence-corrected chi connectivity index (χ0v) is 7.84. The maximum absolute atomic E-state index is 13.0. The molecule has 0 spiro atoms. The van der Waals surface area contributed by atoms with Crippen molar-refractivity contribution in [2.75, 3.05) is 0 Å². The minimum absolute atomic E-state index is 0.0538. The van der Waals surface area contributed by atoms with Crippen molar-refractivity contribution in [1.82, 2.24) is 0 Å². The zero-order chi connectivity index (χ0) is 9.14. The molecule has 0 N–H and O–H groups in total. The van der Waals surface area contributed by atoms with Crippen LogP contribution >= 0.6 is 0 Å². The van der Waals surface area contributed by atoms with Crippen LogP contribution in [0.1, 0.15) is 20.8 Å². The van der Waals surface area contributed by atoms with E-state index in [1.165, 1.54) is 11.6 Å². The van der Waals surface area contributed by atoms with E-state index in [1.54, 1.807) is 6.08 Å². The van der Waals surface area contributed by atoms with Crippen LogP contribution in [-0.2, 0) is 0 Å². The summed E-state index contributed by atoms with van der Waals surface area (Å²) in [6.07, 6.45) is 7.29. The van der Waals surface area contributed by atoms with Gasteiger partial charge in [-0.3, -0.25) is 0 Å². The van der Waals surface area contributed by atoms with E-state index in [-0.39, 0.29) is 11.7 Å². The highest BCUT2D eigenvalue weighted by atomic mass is 19.1. The first-order valence-corrected chi connectivity index (χ1v) is 4.36. The Morgan fingerprint density at radius 3 is 2.67 bits per heavy atom. The van der Waals surface area contributed by atoms with Gasteiger partial charge in [-0.15, -0.1) is 0 Å². The smallest absolute Gasteiger partial charge is 0.106 e. The molecule has 1 heteroatoms. The molecule has 0 aromatic rings. The molecule has 66 valence electrons. The molecule has 0 fully saturated rings. The predicted molar refractivity (Wildman–Crippen MR) is 50.4 cm³/mol. The minimum Gasteiger partial charge on any atom is -0.211 e. The number of hydrogen-bond donors (Lipinski definition) is 0. The van der Waals surface area contributed by atoms with Crippen LogP contribution < -0.4 is 0 Å². The molecule has 0 radical (unpaired) electrons. The fraction of sp³-hybridized carbons (Fsp3) is 0.455. The van der Waals surface area contributed by atoms with Gasteiger partial charge in [-0.05, 0) is 17.6 Å².